The third kappa shape index (κ3) is 2.02. The van der Waals surface area contributed by atoms with Crippen molar-refractivity contribution in [2.45, 2.75) is 25.8 Å². The van der Waals surface area contributed by atoms with Crippen molar-refractivity contribution in [3.63, 3.8) is 0 Å². The molecule has 0 aromatic heterocycles. The smallest absolute Gasteiger partial charge is 0.327 e. The summed E-state index contributed by atoms with van der Waals surface area (Å²) in [6.45, 7) is 6.38. The van der Waals surface area contributed by atoms with Gasteiger partial charge >= 0.3 is 7.63 Å². The second-order valence-corrected chi connectivity index (χ2v) is 9.69. The van der Waals surface area contributed by atoms with Crippen molar-refractivity contribution in [2.24, 2.45) is 0 Å². The van der Waals surface area contributed by atoms with Crippen molar-refractivity contribution >= 4 is 23.9 Å². The van der Waals surface area contributed by atoms with Crippen molar-refractivity contribution in [2.75, 3.05) is 7.11 Å². The molecule has 0 spiro atoms. The van der Waals surface area contributed by atoms with Gasteiger partial charge in [-0.15, -0.1) is 11.1 Å². The Labute approximate surface area is 91.9 Å². The van der Waals surface area contributed by atoms with Gasteiger partial charge in [-0.3, -0.25) is 0 Å². The predicted octanol–water partition coefficient (Wildman–Crippen LogP) is 3.02. The normalized spacial score (nSPS) is 16.4. The van der Waals surface area contributed by atoms with Gasteiger partial charge in [-0.1, -0.05) is 51.1 Å². The minimum absolute atomic E-state index is 0.00927. The van der Waals surface area contributed by atoms with E-state index < -0.39 is 7.63 Å². The van der Waals surface area contributed by atoms with Crippen molar-refractivity contribution in [1.82, 2.24) is 0 Å². The van der Waals surface area contributed by atoms with Crippen LogP contribution in [0.1, 0.15) is 20.8 Å². The molecule has 0 radical (unpaired) electrons. The van der Waals surface area contributed by atoms with E-state index in [9.17, 15) is 0 Å². The molecular formula is C11H17ClOSi. The summed E-state index contributed by atoms with van der Waals surface area (Å²) in [6.07, 6.45) is 0. The van der Waals surface area contributed by atoms with Crippen LogP contribution in [0.25, 0.3) is 0 Å². The van der Waals surface area contributed by atoms with Gasteiger partial charge in [0.05, 0.1) is 0 Å². The summed E-state index contributed by atoms with van der Waals surface area (Å²) in [7, 11) is -0.623. The first kappa shape index (κ1) is 11.8. The van der Waals surface area contributed by atoms with E-state index >= 15 is 0 Å². The Morgan fingerprint density at radius 2 is 1.64 bits per heavy atom. The van der Waals surface area contributed by atoms with Gasteiger partial charge in [-0.05, 0) is 10.2 Å². The van der Waals surface area contributed by atoms with E-state index in [1.165, 1.54) is 0 Å². The van der Waals surface area contributed by atoms with Gasteiger partial charge in [0, 0.05) is 7.11 Å². The zero-order chi connectivity index (χ0) is 10.8. The Morgan fingerprint density at radius 3 is 2.00 bits per heavy atom. The summed E-state index contributed by atoms with van der Waals surface area (Å²) in [5, 5.41) is 1.13. The van der Waals surface area contributed by atoms with Crippen molar-refractivity contribution in [3.05, 3.63) is 30.3 Å². The summed E-state index contributed by atoms with van der Waals surface area (Å²) in [6, 6.07) is 10.1. The molecule has 78 valence electrons. The highest BCUT2D eigenvalue weighted by molar-refractivity contribution is 7.25. The lowest BCUT2D eigenvalue weighted by Gasteiger charge is -2.35. The Morgan fingerprint density at radius 1 is 1.14 bits per heavy atom. The second kappa shape index (κ2) is 4.05. The quantitative estimate of drug-likeness (QED) is 0.559. The summed E-state index contributed by atoms with van der Waals surface area (Å²) < 4.78 is 5.59. The highest BCUT2D eigenvalue weighted by Gasteiger charge is 2.46. The van der Waals surface area contributed by atoms with E-state index in [0.29, 0.717) is 0 Å². The molecule has 3 heteroatoms. The first-order chi connectivity index (χ1) is 6.42. The van der Waals surface area contributed by atoms with Crippen LogP contribution in [0.5, 0.6) is 0 Å². The average Bonchev–Trinajstić information content (AvgIpc) is 2.16. The molecule has 1 aromatic carbocycles. The molecule has 0 fully saturated rings. The molecule has 1 atom stereocenters. The minimum atomic E-state index is -2.33. The zero-order valence-corrected chi connectivity index (χ0v) is 10.9. The van der Waals surface area contributed by atoms with E-state index in [-0.39, 0.29) is 5.04 Å². The first-order valence-corrected chi connectivity index (χ1v) is 7.63. The predicted molar refractivity (Wildman–Crippen MR) is 64.4 cm³/mol. The van der Waals surface area contributed by atoms with Gasteiger partial charge in [0.1, 0.15) is 0 Å². The fourth-order valence-corrected chi connectivity index (χ4v) is 4.22. The Bertz CT molecular complexity index is 294. The van der Waals surface area contributed by atoms with Gasteiger partial charge < -0.3 is 4.43 Å². The molecule has 1 rings (SSSR count). The molecule has 0 saturated heterocycles. The summed E-state index contributed by atoms with van der Waals surface area (Å²) in [5.74, 6) is 0. The Kier molecular flexibility index (Phi) is 3.40. The maximum atomic E-state index is 6.64. The fraction of sp³-hybridized carbons (Fsp3) is 0.455. The maximum Gasteiger partial charge on any atom is 0.327 e. The van der Waals surface area contributed by atoms with Crippen LogP contribution in [0.2, 0.25) is 5.04 Å². The molecule has 1 unspecified atom stereocenters. The molecule has 0 aliphatic heterocycles. The zero-order valence-electron chi connectivity index (χ0n) is 9.17. The van der Waals surface area contributed by atoms with Crippen molar-refractivity contribution in [1.29, 1.82) is 0 Å². The van der Waals surface area contributed by atoms with E-state index in [0.717, 1.165) is 5.19 Å². The summed E-state index contributed by atoms with van der Waals surface area (Å²) in [5.41, 5.74) is 0. The van der Waals surface area contributed by atoms with Gasteiger partial charge in [0.25, 0.3) is 0 Å². The molecule has 0 aliphatic carbocycles. The van der Waals surface area contributed by atoms with Gasteiger partial charge in [0.15, 0.2) is 0 Å². The average molecular weight is 229 g/mol. The number of hydrogen-bond acceptors (Lipinski definition) is 1. The van der Waals surface area contributed by atoms with Crippen LogP contribution in [0.15, 0.2) is 30.3 Å². The van der Waals surface area contributed by atoms with Crippen LogP contribution in [0.4, 0.5) is 0 Å². The molecule has 14 heavy (non-hydrogen) atoms. The lowest BCUT2D eigenvalue weighted by atomic mass is 10.2. The molecule has 1 nitrogen and oxygen atoms in total. The van der Waals surface area contributed by atoms with Crippen LogP contribution >= 0.6 is 11.1 Å². The van der Waals surface area contributed by atoms with Crippen LogP contribution < -0.4 is 5.19 Å². The van der Waals surface area contributed by atoms with E-state index in [1.54, 1.807) is 7.11 Å². The first-order valence-electron chi connectivity index (χ1n) is 4.71. The monoisotopic (exact) mass is 228 g/mol. The van der Waals surface area contributed by atoms with Crippen molar-refractivity contribution < 1.29 is 4.43 Å². The summed E-state index contributed by atoms with van der Waals surface area (Å²) >= 11 is 6.64. The molecule has 0 bridgehead atoms. The van der Waals surface area contributed by atoms with E-state index in [1.807, 2.05) is 30.3 Å². The molecule has 0 aliphatic rings. The standard InChI is InChI=1S/C11H17ClOSi/c1-11(2,3)14(12,13-4)10-8-6-5-7-9-10/h5-9H,1-4H3. The number of hydrogen-bond donors (Lipinski definition) is 0. The lowest BCUT2D eigenvalue weighted by molar-refractivity contribution is 0.393. The molecule has 0 amide bonds. The molecule has 0 heterocycles. The Balaban J connectivity index is 3.15. The van der Waals surface area contributed by atoms with Crippen LogP contribution in [-0.2, 0) is 4.43 Å². The Hall–Kier alpha value is -0.313. The van der Waals surface area contributed by atoms with Gasteiger partial charge in [0.2, 0.25) is 0 Å². The van der Waals surface area contributed by atoms with E-state index in [2.05, 4.69) is 20.8 Å². The van der Waals surface area contributed by atoms with Crippen molar-refractivity contribution in [3.8, 4) is 0 Å². The molecule has 0 saturated carbocycles. The van der Waals surface area contributed by atoms with E-state index in [4.69, 9.17) is 15.5 Å². The topological polar surface area (TPSA) is 9.23 Å². The van der Waals surface area contributed by atoms with Gasteiger partial charge in [-0.2, -0.15) is 0 Å². The second-order valence-electron chi connectivity index (χ2n) is 4.42. The maximum absolute atomic E-state index is 6.64. The molecule has 0 N–H and O–H groups in total. The van der Waals surface area contributed by atoms with Crippen LogP contribution in [0.3, 0.4) is 0 Å². The highest BCUT2D eigenvalue weighted by atomic mass is 35.6. The number of halogens is 1. The number of rotatable bonds is 2. The third-order valence-electron chi connectivity index (χ3n) is 2.39. The minimum Gasteiger partial charge on any atom is -0.403 e. The van der Waals surface area contributed by atoms with Crippen LogP contribution in [0, 0.1) is 0 Å². The number of benzene rings is 1. The summed E-state index contributed by atoms with van der Waals surface area (Å²) in [4.78, 5) is 0. The molecular weight excluding hydrogens is 212 g/mol. The lowest BCUT2D eigenvalue weighted by Crippen LogP contribution is -2.52. The molecule has 1 aromatic rings. The third-order valence-corrected chi connectivity index (χ3v) is 8.78. The van der Waals surface area contributed by atoms with Crippen LogP contribution in [-0.4, -0.2) is 14.7 Å². The SMILES string of the molecule is CO[Si](Cl)(c1ccccc1)C(C)(C)C. The fourth-order valence-electron chi connectivity index (χ4n) is 1.51. The van der Waals surface area contributed by atoms with Gasteiger partial charge in [-0.25, -0.2) is 0 Å². The largest absolute Gasteiger partial charge is 0.403 e. The highest BCUT2D eigenvalue weighted by Crippen LogP contribution is 2.38.